The average Bonchev–Trinajstić information content (AvgIpc) is 2.32. The fourth-order valence-electron chi connectivity index (χ4n) is 1.22. The van der Waals surface area contributed by atoms with E-state index >= 15 is 0 Å². The highest BCUT2D eigenvalue weighted by molar-refractivity contribution is 6.33. The van der Waals surface area contributed by atoms with Crippen molar-refractivity contribution in [2.45, 2.75) is 0 Å². The largest absolute Gasteiger partial charge is 0.366 e. The van der Waals surface area contributed by atoms with Gasteiger partial charge in [-0.2, -0.15) is 0 Å². The van der Waals surface area contributed by atoms with Gasteiger partial charge in [0.1, 0.15) is 0 Å². The van der Waals surface area contributed by atoms with Crippen molar-refractivity contribution in [2.24, 2.45) is 5.73 Å². The van der Waals surface area contributed by atoms with Gasteiger partial charge in [-0.25, -0.2) is 0 Å². The van der Waals surface area contributed by atoms with Crippen molar-refractivity contribution in [3.8, 4) is 12.3 Å². The first-order valence-electron chi connectivity index (χ1n) is 5.08. The summed E-state index contributed by atoms with van der Waals surface area (Å²) >= 11 is 5.89. The first-order valence-corrected chi connectivity index (χ1v) is 5.45. The third kappa shape index (κ3) is 4.09. The molecule has 2 amide bonds. The molecule has 0 aliphatic heterocycles. The summed E-state index contributed by atoms with van der Waals surface area (Å²) in [5, 5.41) is 5.61. The van der Waals surface area contributed by atoms with Crippen LogP contribution in [-0.2, 0) is 4.79 Å². The summed E-state index contributed by atoms with van der Waals surface area (Å²) < 4.78 is 0. The molecule has 0 aliphatic rings. The van der Waals surface area contributed by atoms with E-state index in [1.165, 1.54) is 18.2 Å². The van der Waals surface area contributed by atoms with Gasteiger partial charge in [-0.3, -0.25) is 14.9 Å². The predicted octanol–water partition coefficient (Wildman–Crippen LogP) is 0.600. The third-order valence-corrected chi connectivity index (χ3v) is 2.37. The average molecular weight is 266 g/mol. The van der Waals surface area contributed by atoms with E-state index in [0.29, 0.717) is 17.3 Å². The van der Waals surface area contributed by atoms with Crippen LogP contribution in [0.4, 0.5) is 5.69 Å². The first-order chi connectivity index (χ1) is 8.54. The van der Waals surface area contributed by atoms with Crippen molar-refractivity contribution in [3.05, 3.63) is 28.8 Å². The van der Waals surface area contributed by atoms with Gasteiger partial charge >= 0.3 is 0 Å². The summed E-state index contributed by atoms with van der Waals surface area (Å²) in [6.45, 7) is 0.351. The summed E-state index contributed by atoms with van der Waals surface area (Å²) in [6.07, 6.45) is 5.03. The summed E-state index contributed by atoms with van der Waals surface area (Å²) in [5.74, 6) is 1.44. The van der Waals surface area contributed by atoms with Gasteiger partial charge in [0.25, 0.3) is 0 Å². The zero-order valence-corrected chi connectivity index (χ0v) is 10.3. The number of terminal acetylenes is 1. The molecule has 1 rings (SSSR count). The van der Waals surface area contributed by atoms with Gasteiger partial charge in [-0.1, -0.05) is 17.5 Å². The molecule has 0 aromatic heterocycles. The zero-order chi connectivity index (χ0) is 13.5. The van der Waals surface area contributed by atoms with Crippen LogP contribution in [0.25, 0.3) is 0 Å². The summed E-state index contributed by atoms with van der Waals surface area (Å²) in [6, 6.07) is 4.40. The number of hydrogen-bond donors (Lipinski definition) is 3. The first kappa shape index (κ1) is 14.0. The van der Waals surface area contributed by atoms with Crippen LogP contribution in [0, 0.1) is 12.3 Å². The van der Waals surface area contributed by atoms with Crippen molar-refractivity contribution in [1.82, 2.24) is 5.32 Å². The Balaban J connectivity index is 2.72. The highest BCUT2D eigenvalue weighted by Crippen LogP contribution is 2.22. The summed E-state index contributed by atoms with van der Waals surface area (Å²) in [7, 11) is 0. The van der Waals surface area contributed by atoms with Crippen LogP contribution in [0.15, 0.2) is 18.2 Å². The van der Waals surface area contributed by atoms with E-state index < -0.39 is 5.91 Å². The number of amides is 2. The Morgan fingerprint density at radius 1 is 1.44 bits per heavy atom. The molecular formula is C12H12ClN3O2. The second kappa shape index (κ2) is 6.64. The van der Waals surface area contributed by atoms with Crippen LogP contribution in [0.1, 0.15) is 10.4 Å². The molecule has 1 aromatic carbocycles. The monoisotopic (exact) mass is 265 g/mol. The summed E-state index contributed by atoms with van der Waals surface area (Å²) in [4.78, 5) is 22.5. The molecule has 0 spiro atoms. The molecule has 0 saturated carbocycles. The Bertz CT molecular complexity index is 509. The number of nitrogens with one attached hydrogen (secondary N) is 2. The molecule has 1 aromatic rings. The molecule has 94 valence electrons. The number of carbonyl (C=O) groups is 2. The normalized spacial score (nSPS) is 9.56. The van der Waals surface area contributed by atoms with Crippen molar-refractivity contribution >= 4 is 29.1 Å². The molecule has 18 heavy (non-hydrogen) atoms. The van der Waals surface area contributed by atoms with Crippen LogP contribution in [0.2, 0.25) is 5.02 Å². The summed E-state index contributed by atoms with van der Waals surface area (Å²) in [5.41, 5.74) is 5.74. The quantitative estimate of drug-likeness (QED) is 0.538. The van der Waals surface area contributed by atoms with Gasteiger partial charge in [0.2, 0.25) is 11.8 Å². The van der Waals surface area contributed by atoms with Crippen LogP contribution in [0.5, 0.6) is 0 Å². The minimum absolute atomic E-state index is 0.0569. The molecule has 0 unspecified atom stereocenters. The molecule has 5 nitrogen and oxygen atoms in total. The minimum Gasteiger partial charge on any atom is -0.366 e. The van der Waals surface area contributed by atoms with Crippen LogP contribution >= 0.6 is 11.6 Å². The van der Waals surface area contributed by atoms with E-state index in [1.807, 2.05) is 0 Å². The number of halogens is 1. The number of anilines is 1. The number of rotatable bonds is 5. The second-order valence-corrected chi connectivity index (χ2v) is 3.82. The second-order valence-electron chi connectivity index (χ2n) is 3.41. The number of nitrogens with two attached hydrogens (primary N) is 1. The number of hydrogen-bond acceptors (Lipinski definition) is 3. The number of carbonyl (C=O) groups excluding carboxylic acids is 2. The zero-order valence-electron chi connectivity index (χ0n) is 9.50. The van der Waals surface area contributed by atoms with Crippen molar-refractivity contribution < 1.29 is 9.59 Å². The van der Waals surface area contributed by atoms with E-state index in [0.717, 1.165) is 0 Å². The number of primary amides is 1. The Labute approximate surface area is 110 Å². The van der Waals surface area contributed by atoms with Crippen LogP contribution in [0.3, 0.4) is 0 Å². The molecule has 0 atom stereocenters. The predicted molar refractivity (Wildman–Crippen MR) is 70.3 cm³/mol. The Kier molecular flexibility index (Phi) is 5.18. The van der Waals surface area contributed by atoms with E-state index in [4.69, 9.17) is 23.8 Å². The molecule has 0 saturated heterocycles. The lowest BCUT2D eigenvalue weighted by atomic mass is 10.2. The number of benzene rings is 1. The topological polar surface area (TPSA) is 84.2 Å². The maximum Gasteiger partial charge on any atom is 0.248 e. The Morgan fingerprint density at radius 2 is 2.17 bits per heavy atom. The molecule has 4 N–H and O–H groups in total. The minimum atomic E-state index is -0.590. The van der Waals surface area contributed by atoms with Crippen LogP contribution < -0.4 is 16.4 Å². The lowest BCUT2D eigenvalue weighted by Crippen LogP contribution is -2.28. The fourth-order valence-corrected chi connectivity index (χ4v) is 1.38. The van der Waals surface area contributed by atoms with E-state index in [9.17, 15) is 9.59 Å². The third-order valence-electron chi connectivity index (χ3n) is 2.04. The Hall–Kier alpha value is -2.03. The van der Waals surface area contributed by atoms with E-state index in [-0.39, 0.29) is 18.0 Å². The Morgan fingerprint density at radius 3 is 2.78 bits per heavy atom. The molecule has 0 bridgehead atoms. The molecule has 0 heterocycles. The van der Waals surface area contributed by atoms with Gasteiger partial charge in [-0.05, 0) is 18.2 Å². The van der Waals surface area contributed by atoms with Crippen LogP contribution in [-0.4, -0.2) is 24.9 Å². The fraction of sp³-hybridized carbons (Fsp3) is 0.167. The maximum atomic E-state index is 11.5. The molecule has 0 aliphatic carbocycles. The van der Waals surface area contributed by atoms with E-state index in [2.05, 4.69) is 16.6 Å². The lowest BCUT2D eigenvalue weighted by molar-refractivity contribution is -0.115. The highest BCUT2D eigenvalue weighted by Gasteiger charge is 2.08. The molecule has 6 heteroatoms. The van der Waals surface area contributed by atoms with Crippen molar-refractivity contribution in [2.75, 3.05) is 18.4 Å². The smallest absolute Gasteiger partial charge is 0.248 e. The molecule has 0 fully saturated rings. The van der Waals surface area contributed by atoms with Crippen molar-refractivity contribution in [1.29, 1.82) is 0 Å². The van der Waals surface area contributed by atoms with Gasteiger partial charge in [-0.15, -0.1) is 6.42 Å². The highest BCUT2D eigenvalue weighted by atomic mass is 35.5. The van der Waals surface area contributed by atoms with Gasteiger partial charge in [0.15, 0.2) is 0 Å². The maximum absolute atomic E-state index is 11.5. The SMILES string of the molecule is C#CCNCC(=O)Nc1cc(C(N)=O)ccc1Cl. The van der Waals surface area contributed by atoms with Crippen molar-refractivity contribution in [3.63, 3.8) is 0 Å². The molecule has 0 radical (unpaired) electrons. The van der Waals surface area contributed by atoms with Gasteiger partial charge in [0, 0.05) is 5.56 Å². The lowest BCUT2D eigenvalue weighted by Gasteiger charge is -2.08. The standard InChI is InChI=1S/C12H12ClN3O2/c1-2-5-15-7-11(17)16-10-6-8(12(14)18)3-4-9(10)13/h1,3-4,6,15H,5,7H2,(H2,14,18)(H,16,17). The van der Waals surface area contributed by atoms with Gasteiger partial charge < -0.3 is 11.1 Å². The van der Waals surface area contributed by atoms with Gasteiger partial charge in [0.05, 0.1) is 23.8 Å². The molecular weight excluding hydrogens is 254 g/mol. The van der Waals surface area contributed by atoms with E-state index in [1.54, 1.807) is 0 Å².